The van der Waals surface area contributed by atoms with Crippen LogP contribution in [0.25, 0.3) is 5.76 Å². The molecular weight excluding hydrogens is 430 g/mol. The predicted octanol–water partition coefficient (Wildman–Crippen LogP) is 4.98. The van der Waals surface area contributed by atoms with Gasteiger partial charge in [0.1, 0.15) is 17.3 Å². The standard InChI is InChI=1S/C25H20ClNO5/c1-31-19-11-5-15(6-12-19)22-21(23(28)16-3-7-17(26)8-4-16)24(29)25(30)27(22)18-9-13-20(32-2)14-10-18/h3-14,22,28H,1-2H3/b23-21+. The number of aliphatic hydroxyl groups is 1. The van der Waals surface area contributed by atoms with E-state index in [9.17, 15) is 14.7 Å². The number of amides is 1. The zero-order chi connectivity index (χ0) is 22.8. The molecule has 3 aromatic rings. The largest absolute Gasteiger partial charge is 0.507 e. The summed E-state index contributed by atoms with van der Waals surface area (Å²) in [4.78, 5) is 27.6. The van der Waals surface area contributed by atoms with Crippen molar-refractivity contribution >= 4 is 34.7 Å². The van der Waals surface area contributed by atoms with E-state index in [-0.39, 0.29) is 11.3 Å². The molecule has 1 aliphatic rings. The van der Waals surface area contributed by atoms with Crippen molar-refractivity contribution in [2.75, 3.05) is 19.1 Å². The Kier molecular flexibility index (Phi) is 5.88. The van der Waals surface area contributed by atoms with E-state index in [0.717, 1.165) is 0 Å². The van der Waals surface area contributed by atoms with Crippen molar-refractivity contribution in [3.8, 4) is 11.5 Å². The monoisotopic (exact) mass is 449 g/mol. The number of hydrogen-bond acceptors (Lipinski definition) is 5. The van der Waals surface area contributed by atoms with E-state index < -0.39 is 17.7 Å². The van der Waals surface area contributed by atoms with Gasteiger partial charge >= 0.3 is 0 Å². The highest BCUT2D eigenvalue weighted by molar-refractivity contribution is 6.51. The molecule has 0 aromatic heterocycles. The number of aliphatic hydroxyl groups excluding tert-OH is 1. The van der Waals surface area contributed by atoms with Gasteiger partial charge in [0.15, 0.2) is 0 Å². The van der Waals surface area contributed by atoms with Gasteiger partial charge in [0.2, 0.25) is 0 Å². The third-order valence-corrected chi connectivity index (χ3v) is 5.60. The number of carbonyl (C=O) groups excluding carboxylic acids is 2. The Bertz CT molecular complexity index is 1180. The molecule has 3 aromatic carbocycles. The van der Waals surface area contributed by atoms with Crippen molar-refractivity contribution in [2.45, 2.75) is 6.04 Å². The van der Waals surface area contributed by atoms with Gasteiger partial charge in [0.25, 0.3) is 11.7 Å². The first-order valence-corrected chi connectivity index (χ1v) is 10.2. The zero-order valence-electron chi connectivity index (χ0n) is 17.4. The fourth-order valence-electron chi connectivity index (χ4n) is 3.71. The lowest BCUT2D eigenvalue weighted by molar-refractivity contribution is -0.132. The van der Waals surface area contributed by atoms with E-state index in [0.29, 0.717) is 33.3 Å². The summed E-state index contributed by atoms with van der Waals surface area (Å²) >= 11 is 5.96. The molecule has 6 nitrogen and oxygen atoms in total. The average molecular weight is 450 g/mol. The molecule has 1 unspecified atom stereocenters. The van der Waals surface area contributed by atoms with Crippen LogP contribution < -0.4 is 14.4 Å². The molecule has 0 saturated carbocycles. The highest BCUT2D eigenvalue weighted by Gasteiger charge is 2.46. The summed E-state index contributed by atoms with van der Waals surface area (Å²) in [6.07, 6.45) is 0. The van der Waals surface area contributed by atoms with Crippen LogP contribution in [0.5, 0.6) is 11.5 Å². The minimum atomic E-state index is -0.829. The minimum absolute atomic E-state index is 0.00157. The van der Waals surface area contributed by atoms with Crippen LogP contribution in [0.15, 0.2) is 78.4 Å². The van der Waals surface area contributed by atoms with Gasteiger partial charge in [-0.3, -0.25) is 14.5 Å². The van der Waals surface area contributed by atoms with Crippen molar-refractivity contribution in [1.29, 1.82) is 0 Å². The molecule has 32 heavy (non-hydrogen) atoms. The molecular formula is C25H20ClNO5. The van der Waals surface area contributed by atoms with Gasteiger partial charge in [-0.25, -0.2) is 0 Å². The second-order valence-electron chi connectivity index (χ2n) is 7.15. The number of hydrogen-bond donors (Lipinski definition) is 1. The SMILES string of the molecule is COc1ccc(C2/C(=C(\O)c3ccc(Cl)cc3)C(=O)C(=O)N2c2ccc(OC)cc2)cc1. The van der Waals surface area contributed by atoms with Gasteiger partial charge in [0, 0.05) is 16.3 Å². The molecule has 1 aliphatic heterocycles. The predicted molar refractivity (Wildman–Crippen MR) is 122 cm³/mol. The summed E-state index contributed by atoms with van der Waals surface area (Å²) in [5, 5.41) is 11.6. The number of benzene rings is 3. The Morgan fingerprint density at radius 1 is 0.844 bits per heavy atom. The van der Waals surface area contributed by atoms with Gasteiger partial charge in [-0.1, -0.05) is 23.7 Å². The van der Waals surface area contributed by atoms with E-state index in [1.165, 1.54) is 4.90 Å². The summed E-state index contributed by atoms with van der Waals surface area (Å²) in [6.45, 7) is 0. The van der Waals surface area contributed by atoms with Gasteiger partial charge < -0.3 is 14.6 Å². The van der Waals surface area contributed by atoms with Gasteiger partial charge in [0.05, 0.1) is 25.8 Å². The maximum absolute atomic E-state index is 13.1. The lowest BCUT2D eigenvalue weighted by Gasteiger charge is -2.25. The second kappa shape index (κ2) is 8.77. The molecule has 1 saturated heterocycles. The third kappa shape index (κ3) is 3.81. The first kappa shape index (κ1) is 21.5. The molecule has 1 atom stereocenters. The number of ether oxygens (including phenoxy) is 2. The second-order valence-corrected chi connectivity index (χ2v) is 7.58. The fourth-order valence-corrected chi connectivity index (χ4v) is 3.83. The Morgan fingerprint density at radius 2 is 1.38 bits per heavy atom. The number of ketones is 1. The Labute approximate surface area is 190 Å². The van der Waals surface area contributed by atoms with Crippen molar-refractivity contribution in [3.63, 3.8) is 0 Å². The first-order chi connectivity index (χ1) is 15.4. The van der Waals surface area contributed by atoms with Crippen LogP contribution in [0.2, 0.25) is 5.02 Å². The molecule has 1 heterocycles. The summed E-state index contributed by atoms with van der Waals surface area (Å²) in [6, 6.07) is 19.4. The quantitative estimate of drug-likeness (QED) is 0.337. The molecule has 0 bridgehead atoms. The third-order valence-electron chi connectivity index (χ3n) is 5.34. The fraction of sp³-hybridized carbons (Fsp3) is 0.120. The molecule has 0 spiro atoms. The summed E-state index contributed by atoms with van der Waals surface area (Å²) in [7, 11) is 3.10. The van der Waals surface area contributed by atoms with E-state index in [2.05, 4.69) is 0 Å². The lowest BCUT2D eigenvalue weighted by atomic mass is 9.95. The lowest BCUT2D eigenvalue weighted by Crippen LogP contribution is -2.29. The topological polar surface area (TPSA) is 76.1 Å². The normalized spacial score (nSPS) is 17.5. The highest BCUT2D eigenvalue weighted by atomic mass is 35.5. The molecule has 4 rings (SSSR count). The Hall–Kier alpha value is -3.77. The van der Waals surface area contributed by atoms with E-state index in [1.54, 1.807) is 87.0 Å². The number of anilines is 1. The molecule has 0 aliphatic carbocycles. The number of rotatable bonds is 5. The maximum Gasteiger partial charge on any atom is 0.300 e. The molecule has 0 radical (unpaired) electrons. The molecule has 1 amide bonds. The van der Waals surface area contributed by atoms with Crippen LogP contribution in [0, 0.1) is 0 Å². The first-order valence-electron chi connectivity index (χ1n) is 9.79. The number of halogens is 1. The number of Topliss-reactive ketones (excluding diaryl/α,β-unsaturated/α-hetero) is 1. The highest BCUT2D eigenvalue weighted by Crippen LogP contribution is 2.42. The minimum Gasteiger partial charge on any atom is -0.507 e. The van der Waals surface area contributed by atoms with Crippen LogP contribution in [-0.2, 0) is 9.59 Å². The van der Waals surface area contributed by atoms with Crippen molar-refractivity contribution in [1.82, 2.24) is 0 Å². The Balaban J connectivity index is 1.90. The number of nitrogens with zero attached hydrogens (tertiary/aromatic N) is 1. The Morgan fingerprint density at radius 3 is 1.91 bits per heavy atom. The molecule has 1 fully saturated rings. The van der Waals surface area contributed by atoms with E-state index in [1.807, 2.05) is 0 Å². The van der Waals surface area contributed by atoms with E-state index >= 15 is 0 Å². The van der Waals surface area contributed by atoms with Gasteiger partial charge in [-0.2, -0.15) is 0 Å². The van der Waals surface area contributed by atoms with Gasteiger partial charge in [-0.05, 0) is 66.2 Å². The van der Waals surface area contributed by atoms with Crippen LogP contribution in [0.4, 0.5) is 5.69 Å². The van der Waals surface area contributed by atoms with Crippen LogP contribution in [0.3, 0.4) is 0 Å². The molecule has 7 heteroatoms. The summed E-state index contributed by atoms with van der Waals surface area (Å²) in [5.74, 6) is -0.516. The van der Waals surface area contributed by atoms with Gasteiger partial charge in [-0.15, -0.1) is 0 Å². The van der Waals surface area contributed by atoms with E-state index in [4.69, 9.17) is 21.1 Å². The number of carbonyl (C=O) groups is 2. The van der Waals surface area contributed by atoms with Crippen molar-refractivity contribution in [2.24, 2.45) is 0 Å². The summed E-state index contributed by atoms with van der Waals surface area (Å²) in [5.41, 5.74) is 1.54. The van der Waals surface area contributed by atoms with Crippen LogP contribution in [-0.4, -0.2) is 31.0 Å². The molecule has 1 N–H and O–H groups in total. The average Bonchev–Trinajstić information content (AvgIpc) is 3.09. The van der Waals surface area contributed by atoms with Crippen LogP contribution >= 0.6 is 11.6 Å². The number of methoxy groups -OCH3 is 2. The van der Waals surface area contributed by atoms with Crippen molar-refractivity contribution < 1.29 is 24.2 Å². The molecule has 162 valence electrons. The van der Waals surface area contributed by atoms with Crippen molar-refractivity contribution in [3.05, 3.63) is 94.5 Å². The smallest absolute Gasteiger partial charge is 0.300 e. The zero-order valence-corrected chi connectivity index (χ0v) is 18.2. The van der Waals surface area contributed by atoms with Crippen LogP contribution in [0.1, 0.15) is 17.2 Å². The maximum atomic E-state index is 13.1. The summed E-state index contributed by atoms with van der Waals surface area (Å²) < 4.78 is 10.4.